The van der Waals surface area contributed by atoms with Gasteiger partial charge >= 0.3 is 0 Å². The zero-order chi connectivity index (χ0) is 29.8. The van der Waals surface area contributed by atoms with Crippen LogP contribution in [0.1, 0.15) is 11.4 Å². The molecule has 0 saturated carbocycles. The molecule has 44 heavy (non-hydrogen) atoms. The number of benzene rings is 3. The molecule has 212 valence electrons. The smallest absolute Gasteiger partial charge is 0.0872 e. The number of fused-ring (bicyclic) bond motifs is 9. The highest BCUT2D eigenvalue weighted by Gasteiger charge is 2.15. The van der Waals surface area contributed by atoms with E-state index in [2.05, 4.69) is 75.6 Å². The van der Waals surface area contributed by atoms with E-state index in [1.54, 1.807) is 0 Å². The van der Waals surface area contributed by atoms with E-state index in [9.17, 15) is 0 Å². The van der Waals surface area contributed by atoms with Crippen molar-refractivity contribution in [2.75, 3.05) is 0 Å². The number of hydrogen-bond acceptors (Lipinski definition) is 1. The summed E-state index contributed by atoms with van der Waals surface area (Å²) < 4.78 is 0. The molecule has 3 N–H and O–H groups in total. The fraction of sp³-hybridized carbons (Fsp3) is 0. The van der Waals surface area contributed by atoms with Crippen LogP contribution in [-0.4, -0.2) is 19.9 Å². The van der Waals surface area contributed by atoms with Crippen LogP contribution in [0.15, 0.2) is 109 Å². The summed E-state index contributed by atoms with van der Waals surface area (Å²) >= 11 is 19.5. The second-order valence-electron chi connectivity index (χ2n) is 10.7. The first kappa shape index (κ1) is 26.9. The second kappa shape index (κ2) is 10.8. The molecule has 5 heterocycles. The Balaban J connectivity index is 1.57. The Bertz CT molecular complexity index is 2390. The molecule has 7 aromatic rings. The first-order valence-electron chi connectivity index (χ1n) is 14.1. The average Bonchev–Trinajstić information content (AvgIpc) is 3.83. The monoisotopic (exact) mass is 628 g/mol. The van der Waals surface area contributed by atoms with Crippen molar-refractivity contribution in [3.05, 3.63) is 136 Å². The van der Waals surface area contributed by atoms with E-state index in [1.807, 2.05) is 60.7 Å². The lowest BCUT2D eigenvalue weighted by Crippen LogP contribution is -1.86. The summed E-state index contributed by atoms with van der Waals surface area (Å²) in [5.74, 6) is 0. The highest BCUT2D eigenvalue weighted by molar-refractivity contribution is 6.31. The Morgan fingerprint density at radius 3 is 1.20 bits per heavy atom. The van der Waals surface area contributed by atoms with Gasteiger partial charge in [0, 0.05) is 59.3 Å². The van der Waals surface area contributed by atoms with Crippen molar-refractivity contribution in [1.82, 2.24) is 19.9 Å². The summed E-state index contributed by atoms with van der Waals surface area (Å²) in [7, 11) is 0. The minimum Gasteiger partial charge on any atom is -0.354 e. The fourth-order valence-electron chi connectivity index (χ4n) is 6.00. The third-order valence-electron chi connectivity index (χ3n) is 7.92. The number of hydrogen-bond donors (Lipinski definition) is 3. The minimum absolute atomic E-state index is 0.660. The molecule has 0 fully saturated rings. The van der Waals surface area contributed by atoms with Gasteiger partial charge in [0.1, 0.15) is 0 Å². The molecule has 8 bridgehead atoms. The lowest BCUT2D eigenvalue weighted by atomic mass is 10.0. The number of aromatic amines is 3. The van der Waals surface area contributed by atoms with Gasteiger partial charge in [0.2, 0.25) is 0 Å². The maximum absolute atomic E-state index is 6.53. The van der Waals surface area contributed by atoms with E-state index < -0.39 is 0 Å². The zero-order valence-corrected chi connectivity index (χ0v) is 25.4. The van der Waals surface area contributed by atoms with Crippen LogP contribution < -0.4 is 0 Å². The SMILES string of the molecule is Clc1cccc(-c2c3nc(c4ccc([nH]4)c(-c4cccc(Cl)c4)c4ccc([nH]4)c(-c4cccc(Cl)c4)c4ccc2[nH]4)C=C3)c1. The Morgan fingerprint density at radius 1 is 0.386 bits per heavy atom. The van der Waals surface area contributed by atoms with Crippen molar-refractivity contribution in [3.8, 4) is 33.4 Å². The molecule has 0 atom stereocenters. The van der Waals surface area contributed by atoms with Crippen LogP contribution in [-0.2, 0) is 0 Å². The molecule has 1 aliphatic rings. The number of rotatable bonds is 3. The molecule has 3 aromatic carbocycles. The van der Waals surface area contributed by atoms with Crippen LogP contribution in [0.3, 0.4) is 0 Å². The molecule has 0 saturated heterocycles. The van der Waals surface area contributed by atoms with E-state index in [4.69, 9.17) is 39.8 Å². The van der Waals surface area contributed by atoms with Crippen LogP contribution in [0.4, 0.5) is 0 Å². The van der Waals surface area contributed by atoms with Crippen molar-refractivity contribution >= 4 is 80.1 Å². The molecule has 8 rings (SSSR count). The van der Waals surface area contributed by atoms with Crippen molar-refractivity contribution in [3.63, 3.8) is 0 Å². The van der Waals surface area contributed by atoms with Gasteiger partial charge in [-0.15, -0.1) is 0 Å². The summed E-state index contributed by atoms with van der Waals surface area (Å²) in [6, 6.07) is 36.2. The van der Waals surface area contributed by atoms with Crippen LogP contribution >= 0.6 is 34.8 Å². The summed E-state index contributed by atoms with van der Waals surface area (Å²) in [5.41, 5.74) is 13.2. The quantitative estimate of drug-likeness (QED) is 0.179. The number of halogens is 3. The highest BCUT2D eigenvalue weighted by Crippen LogP contribution is 2.37. The van der Waals surface area contributed by atoms with Crippen LogP contribution in [0, 0.1) is 0 Å². The first-order chi connectivity index (χ1) is 21.5. The topological polar surface area (TPSA) is 60.3 Å². The summed E-state index contributed by atoms with van der Waals surface area (Å²) in [6.45, 7) is 0. The predicted molar refractivity (Wildman–Crippen MR) is 187 cm³/mol. The Morgan fingerprint density at radius 2 is 0.750 bits per heavy atom. The first-order valence-corrected chi connectivity index (χ1v) is 15.3. The molecule has 4 aromatic heterocycles. The van der Waals surface area contributed by atoms with Crippen molar-refractivity contribution in [1.29, 1.82) is 0 Å². The molecule has 1 aliphatic heterocycles. The number of H-pyrrole nitrogens is 3. The maximum Gasteiger partial charge on any atom is 0.0872 e. The van der Waals surface area contributed by atoms with E-state index >= 15 is 0 Å². The van der Waals surface area contributed by atoms with Crippen molar-refractivity contribution in [2.45, 2.75) is 0 Å². The van der Waals surface area contributed by atoms with Crippen molar-refractivity contribution in [2.24, 2.45) is 0 Å². The minimum atomic E-state index is 0.660. The molecule has 7 heteroatoms. The van der Waals surface area contributed by atoms with E-state index in [0.29, 0.717) is 15.1 Å². The van der Waals surface area contributed by atoms with Gasteiger partial charge in [-0.3, -0.25) is 0 Å². The van der Waals surface area contributed by atoms with Crippen molar-refractivity contribution < 1.29 is 0 Å². The van der Waals surface area contributed by atoms with Gasteiger partial charge in [0.15, 0.2) is 0 Å². The molecule has 0 unspecified atom stereocenters. The van der Waals surface area contributed by atoms with Gasteiger partial charge in [0.25, 0.3) is 0 Å². The average molecular weight is 630 g/mol. The summed E-state index contributed by atoms with van der Waals surface area (Å²) in [6.07, 6.45) is 4.10. The van der Waals surface area contributed by atoms with Gasteiger partial charge in [-0.25, -0.2) is 4.98 Å². The van der Waals surface area contributed by atoms with Gasteiger partial charge in [-0.1, -0.05) is 71.2 Å². The summed E-state index contributed by atoms with van der Waals surface area (Å²) in [5, 5.41) is 1.99. The van der Waals surface area contributed by atoms with Gasteiger partial charge in [-0.05, 0) is 102 Å². The highest BCUT2D eigenvalue weighted by atomic mass is 35.5. The van der Waals surface area contributed by atoms with Gasteiger partial charge in [0.05, 0.1) is 16.9 Å². The van der Waals surface area contributed by atoms with E-state index in [1.165, 1.54) is 0 Å². The lowest BCUT2D eigenvalue weighted by Gasteiger charge is -2.06. The number of aromatic nitrogens is 4. The number of nitrogens with zero attached hydrogens (tertiary/aromatic N) is 1. The third kappa shape index (κ3) is 4.78. The molecular formula is C37H23Cl3N4. The van der Waals surface area contributed by atoms with Crippen LogP contribution in [0.5, 0.6) is 0 Å². The lowest BCUT2D eigenvalue weighted by molar-refractivity contribution is 1.32. The van der Waals surface area contributed by atoms with Crippen LogP contribution in [0.25, 0.3) is 78.6 Å². The Hall–Kier alpha value is -4.74. The fourth-order valence-corrected chi connectivity index (χ4v) is 6.57. The molecule has 0 radical (unpaired) electrons. The second-order valence-corrected chi connectivity index (χ2v) is 12.0. The molecule has 0 aliphatic carbocycles. The Labute approximate surface area is 268 Å². The van der Waals surface area contributed by atoms with Crippen LogP contribution in [0.2, 0.25) is 15.1 Å². The maximum atomic E-state index is 6.53. The molecule has 4 nitrogen and oxygen atoms in total. The third-order valence-corrected chi connectivity index (χ3v) is 8.62. The standard InChI is InChI=1S/C37H23Cl3N4/c38-24-7-1-4-21(18-24)35-29-12-10-27(41-29)28-11-13-30(42-28)36(22-5-2-8-25(39)19-22)32-15-17-34(44-32)37(33-16-14-31(35)43-33)23-6-3-9-26(40)20-23/h1-20,41,43-44H. The summed E-state index contributed by atoms with van der Waals surface area (Å²) in [4.78, 5) is 16.2. The van der Waals surface area contributed by atoms with Gasteiger partial charge in [-0.2, -0.15) is 0 Å². The molecule has 0 amide bonds. The largest absolute Gasteiger partial charge is 0.354 e. The molecule has 0 spiro atoms. The predicted octanol–water partition coefficient (Wildman–Crippen LogP) is 11.7. The van der Waals surface area contributed by atoms with E-state index in [0.717, 1.165) is 77.9 Å². The zero-order valence-electron chi connectivity index (χ0n) is 23.1. The van der Waals surface area contributed by atoms with E-state index in [-0.39, 0.29) is 0 Å². The normalized spacial score (nSPS) is 11.9. The van der Waals surface area contributed by atoms with Gasteiger partial charge < -0.3 is 15.0 Å². The Kier molecular flexibility index (Phi) is 6.57. The molecular weight excluding hydrogens is 607 g/mol. The number of nitrogens with one attached hydrogen (secondary N) is 3.